The average Bonchev–Trinajstić information content (AvgIpc) is 3.49. The minimum atomic E-state index is -0.621. The molecule has 30 heavy (non-hydrogen) atoms. The topological polar surface area (TPSA) is 60.7 Å². The molecule has 0 aromatic heterocycles. The van der Waals surface area contributed by atoms with E-state index in [1.165, 1.54) is 44.1 Å². The highest BCUT2D eigenvalue weighted by Gasteiger charge is 2.50. The number of fused-ring (bicyclic) bond motifs is 1. The monoisotopic (exact) mass is 412 g/mol. The fourth-order valence-electron chi connectivity index (χ4n) is 6.63. The molecule has 0 aromatic rings. The Balaban J connectivity index is 1.48. The fraction of sp³-hybridized carbons (Fsp3) is 0.704. The summed E-state index contributed by atoms with van der Waals surface area (Å²) < 4.78 is 0. The third-order valence-electron chi connectivity index (χ3n) is 8.65. The van der Waals surface area contributed by atoms with E-state index in [0.717, 1.165) is 17.6 Å². The van der Waals surface area contributed by atoms with Crippen molar-refractivity contribution in [3.63, 3.8) is 0 Å². The Labute approximate surface area is 182 Å². The maximum absolute atomic E-state index is 10.2. The zero-order valence-electron chi connectivity index (χ0n) is 18.8. The second-order valence-electron chi connectivity index (χ2n) is 10.7. The Morgan fingerprint density at radius 2 is 1.87 bits per heavy atom. The molecule has 7 atom stereocenters. The summed E-state index contributed by atoms with van der Waals surface area (Å²) in [5.74, 6) is 2.28. The van der Waals surface area contributed by atoms with Crippen LogP contribution in [-0.4, -0.2) is 33.6 Å². The van der Waals surface area contributed by atoms with E-state index >= 15 is 0 Å². The number of hydrogen-bond acceptors (Lipinski definition) is 3. The van der Waals surface area contributed by atoms with E-state index in [2.05, 4.69) is 44.7 Å². The lowest BCUT2D eigenvalue weighted by Gasteiger charge is -2.44. The lowest BCUT2D eigenvalue weighted by Crippen LogP contribution is -2.35. The highest BCUT2D eigenvalue weighted by Crippen LogP contribution is 2.59. The quantitative estimate of drug-likeness (QED) is 0.551. The van der Waals surface area contributed by atoms with Crippen LogP contribution in [0.25, 0.3) is 0 Å². The van der Waals surface area contributed by atoms with Crippen LogP contribution in [0.2, 0.25) is 0 Å². The molecular weight excluding hydrogens is 372 g/mol. The van der Waals surface area contributed by atoms with Gasteiger partial charge in [-0.2, -0.15) is 0 Å². The Kier molecular flexibility index (Phi) is 6.44. The molecule has 4 aliphatic rings. The van der Waals surface area contributed by atoms with Crippen LogP contribution in [0, 0.1) is 29.1 Å². The third kappa shape index (κ3) is 4.40. The van der Waals surface area contributed by atoms with E-state index in [1.54, 1.807) is 0 Å². The second-order valence-corrected chi connectivity index (χ2v) is 10.7. The van der Waals surface area contributed by atoms with Crippen molar-refractivity contribution in [1.29, 1.82) is 0 Å². The molecule has 3 heteroatoms. The molecule has 3 nitrogen and oxygen atoms in total. The smallest absolute Gasteiger partial charge is 0.0811 e. The molecule has 0 radical (unpaired) electrons. The summed E-state index contributed by atoms with van der Waals surface area (Å²) >= 11 is 0. The lowest BCUT2D eigenvalue weighted by atomic mass is 9.61. The maximum Gasteiger partial charge on any atom is 0.0811 e. The summed E-state index contributed by atoms with van der Waals surface area (Å²) in [5, 5.41) is 30.4. The zero-order valence-corrected chi connectivity index (χ0v) is 18.8. The third-order valence-corrected chi connectivity index (χ3v) is 8.65. The van der Waals surface area contributed by atoms with Crippen molar-refractivity contribution >= 4 is 0 Å². The van der Waals surface area contributed by atoms with Gasteiger partial charge in [0.05, 0.1) is 18.3 Å². The van der Waals surface area contributed by atoms with E-state index < -0.39 is 12.2 Å². The first-order chi connectivity index (χ1) is 14.3. The largest absolute Gasteiger partial charge is 0.393 e. The predicted octanol–water partition coefficient (Wildman–Crippen LogP) is 5.09. The fourth-order valence-corrected chi connectivity index (χ4v) is 6.63. The molecule has 0 spiro atoms. The first kappa shape index (κ1) is 22.0. The molecule has 0 aromatic carbocycles. The summed E-state index contributed by atoms with van der Waals surface area (Å²) in [6.07, 6.45) is 16.9. The van der Waals surface area contributed by atoms with Crippen LogP contribution in [0.1, 0.15) is 71.6 Å². The summed E-state index contributed by atoms with van der Waals surface area (Å²) in [6.45, 7) is 8.88. The Morgan fingerprint density at radius 1 is 1.10 bits per heavy atom. The minimum absolute atomic E-state index is 0.250. The molecule has 4 saturated carbocycles. The van der Waals surface area contributed by atoms with E-state index in [9.17, 15) is 15.3 Å². The number of aliphatic hydroxyl groups excluding tert-OH is 3. The molecular formula is C27H40O3. The van der Waals surface area contributed by atoms with Gasteiger partial charge in [0.15, 0.2) is 0 Å². The Hall–Kier alpha value is -1.16. The van der Waals surface area contributed by atoms with Gasteiger partial charge < -0.3 is 15.3 Å². The molecule has 4 rings (SSSR count). The zero-order chi connectivity index (χ0) is 21.5. The molecule has 0 bridgehead atoms. The van der Waals surface area contributed by atoms with Crippen molar-refractivity contribution in [3.8, 4) is 0 Å². The van der Waals surface area contributed by atoms with Gasteiger partial charge in [-0.25, -0.2) is 0 Å². The predicted molar refractivity (Wildman–Crippen MR) is 122 cm³/mol. The van der Waals surface area contributed by atoms with Gasteiger partial charge in [0.25, 0.3) is 0 Å². The van der Waals surface area contributed by atoms with Gasteiger partial charge >= 0.3 is 0 Å². The van der Waals surface area contributed by atoms with Crippen LogP contribution >= 0.6 is 0 Å². The molecule has 0 saturated heterocycles. The van der Waals surface area contributed by atoms with E-state index in [4.69, 9.17) is 0 Å². The molecule has 3 N–H and O–H groups in total. The van der Waals surface area contributed by atoms with Gasteiger partial charge in [-0.15, -0.1) is 0 Å². The first-order valence-corrected chi connectivity index (χ1v) is 12.1. The Morgan fingerprint density at radius 3 is 2.60 bits per heavy atom. The lowest BCUT2D eigenvalue weighted by molar-refractivity contribution is 0.0862. The second kappa shape index (κ2) is 8.76. The van der Waals surface area contributed by atoms with Crippen molar-refractivity contribution in [2.75, 3.05) is 0 Å². The SMILES string of the molecule is C=C1/C(=C/C=C2\CCC[C@]3(C)C([C@@H](C)/C=C/[C@@H](O)C4CC4)CC[C@@H]23)C[C@@H](O)C[C@@H]1O. The highest BCUT2D eigenvalue weighted by atomic mass is 16.3. The first-order valence-electron chi connectivity index (χ1n) is 12.1. The normalized spacial score (nSPS) is 42.1. The summed E-state index contributed by atoms with van der Waals surface area (Å²) in [5.41, 5.74) is 3.63. The van der Waals surface area contributed by atoms with Crippen LogP contribution in [0.5, 0.6) is 0 Å². The molecule has 0 aliphatic heterocycles. The van der Waals surface area contributed by atoms with Crippen molar-refractivity contribution < 1.29 is 15.3 Å². The molecule has 1 unspecified atom stereocenters. The van der Waals surface area contributed by atoms with Crippen LogP contribution in [-0.2, 0) is 0 Å². The maximum atomic E-state index is 10.2. The van der Waals surface area contributed by atoms with Gasteiger partial charge in [-0.3, -0.25) is 0 Å². The van der Waals surface area contributed by atoms with Crippen molar-refractivity contribution in [2.24, 2.45) is 29.1 Å². The van der Waals surface area contributed by atoms with Gasteiger partial charge in [0.1, 0.15) is 0 Å². The van der Waals surface area contributed by atoms with Gasteiger partial charge in [-0.05, 0) is 91.6 Å². The summed E-state index contributed by atoms with van der Waals surface area (Å²) in [7, 11) is 0. The van der Waals surface area contributed by atoms with Crippen molar-refractivity contribution in [2.45, 2.75) is 89.9 Å². The minimum Gasteiger partial charge on any atom is -0.393 e. The molecule has 166 valence electrons. The van der Waals surface area contributed by atoms with Gasteiger partial charge in [0.2, 0.25) is 0 Å². The number of aliphatic hydroxyl groups is 3. The highest BCUT2D eigenvalue weighted by molar-refractivity contribution is 5.38. The average molecular weight is 413 g/mol. The van der Waals surface area contributed by atoms with E-state index in [-0.39, 0.29) is 6.10 Å². The number of hydrogen-bond donors (Lipinski definition) is 3. The molecule has 0 heterocycles. The van der Waals surface area contributed by atoms with Crippen LogP contribution in [0.4, 0.5) is 0 Å². The molecule has 4 fully saturated rings. The summed E-state index contributed by atoms with van der Waals surface area (Å²) in [4.78, 5) is 0. The van der Waals surface area contributed by atoms with Crippen molar-refractivity contribution in [1.82, 2.24) is 0 Å². The van der Waals surface area contributed by atoms with Crippen LogP contribution in [0.15, 0.2) is 47.6 Å². The number of rotatable bonds is 5. The van der Waals surface area contributed by atoms with Crippen LogP contribution in [0.3, 0.4) is 0 Å². The molecule has 4 aliphatic carbocycles. The number of allylic oxidation sites excluding steroid dienone is 4. The Bertz CT molecular complexity index is 743. The van der Waals surface area contributed by atoms with Crippen molar-refractivity contribution in [3.05, 3.63) is 47.6 Å². The summed E-state index contributed by atoms with van der Waals surface area (Å²) in [6, 6.07) is 0. The van der Waals surface area contributed by atoms with E-state index in [0.29, 0.717) is 41.9 Å². The molecule has 0 amide bonds. The van der Waals surface area contributed by atoms with E-state index in [1.807, 2.05) is 0 Å². The standard InChI is InChI=1S/C27H40O3/c1-17(6-13-25(29)20-8-9-20)23-11-12-24-19(5-4-14-27(23,24)3)7-10-21-15-22(28)16-26(30)18(21)2/h6-7,10,13,17,20,22-26,28-30H,2,4-5,8-9,11-12,14-16H2,1,3H3/b13-6+,19-7+,21-10+/t17-,22+,23?,24-,25+,26-,27+/m0/s1. The van der Waals surface area contributed by atoms with Crippen LogP contribution < -0.4 is 0 Å². The van der Waals surface area contributed by atoms with Gasteiger partial charge in [-0.1, -0.05) is 50.3 Å². The van der Waals surface area contributed by atoms with Gasteiger partial charge in [0, 0.05) is 6.42 Å².